The number of benzene rings is 1. The summed E-state index contributed by atoms with van der Waals surface area (Å²) < 4.78 is 9.13. The predicted molar refractivity (Wildman–Crippen MR) is 101 cm³/mol. The van der Waals surface area contributed by atoms with Crippen LogP contribution in [0.1, 0.15) is 30.9 Å². The Labute approximate surface area is 158 Å². The van der Waals surface area contributed by atoms with Gasteiger partial charge in [0, 0.05) is 13.1 Å². The zero-order valence-corrected chi connectivity index (χ0v) is 16.3. The fraction of sp³-hybridized carbons (Fsp3) is 0.556. The molecule has 0 N–H and O–H groups in total. The van der Waals surface area contributed by atoms with Crippen molar-refractivity contribution in [3.63, 3.8) is 0 Å². The number of rotatable bonds is 5. The summed E-state index contributed by atoms with van der Waals surface area (Å²) in [5, 5.41) is 8.46. The number of tetrazole rings is 1. The minimum atomic E-state index is -0.0791. The number of carbonyl (C=O) groups excluding carboxylic acids is 1. The molecule has 1 aliphatic heterocycles. The molecule has 0 unspecified atom stereocenters. The van der Waals surface area contributed by atoms with Gasteiger partial charge in [0.15, 0.2) is 0 Å². The first-order valence-electron chi connectivity index (χ1n) is 8.99. The molecule has 1 aliphatic rings. The average molecular weight is 375 g/mol. The minimum Gasteiger partial charge on any atom is -0.466 e. The Kier molecular flexibility index (Phi) is 5.83. The van der Waals surface area contributed by atoms with Crippen molar-refractivity contribution in [2.24, 2.45) is 5.92 Å². The van der Waals surface area contributed by atoms with Crippen LogP contribution in [0, 0.1) is 24.5 Å². The van der Waals surface area contributed by atoms with Crippen molar-refractivity contribution in [1.29, 1.82) is 0 Å². The van der Waals surface area contributed by atoms with Crippen LogP contribution in [0.4, 0.5) is 0 Å². The van der Waals surface area contributed by atoms with E-state index in [1.807, 2.05) is 26.0 Å². The van der Waals surface area contributed by atoms with E-state index in [0.29, 0.717) is 18.0 Å². The maximum absolute atomic E-state index is 11.8. The number of hydrogen-bond acceptors (Lipinski definition) is 6. The van der Waals surface area contributed by atoms with Crippen LogP contribution in [0.2, 0.25) is 0 Å². The van der Waals surface area contributed by atoms with Crippen molar-refractivity contribution in [1.82, 2.24) is 24.7 Å². The van der Waals surface area contributed by atoms with Gasteiger partial charge in [-0.2, -0.15) is 4.68 Å². The predicted octanol–water partition coefficient (Wildman–Crippen LogP) is 2.65. The highest BCUT2D eigenvalue weighted by molar-refractivity contribution is 7.71. The first-order valence-corrected chi connectivity index (χ1v) is 9.40. The van der Waals surface area contributed by atoms with Crippen molar-refractivity contribution >= 4 is 18.2 Å². The molecule has 1 fully saturated rings. The molecule has 0 spiro atoms. The highest BCUT2D eigenvalue weighted by atomic mass is 32.1. The summed E-state index contributed by atoms with van der Waals surface area (Å²) in [6.07, 6.45) is 1.61. The largest absolute Gasteiger partial charge is 0.466 e. The normalized spacial score (nSPS) is 16.0. The average Bonchev–Trinajstić information content (AvgIpc) is 2.96. The maximum atomic E-state index is 11.8. The molecule has 0 aliphatic carbocycles. The number of nitrogens with zero attached hydrogens (tertiary/aromatic N) is 5. The number of piperidine rings is 1. The SMILES string of the molecule is CCOC(=O)C1CCN(Cn2nnn(-c3ccc(C)cc3C)c2=S)CC1. The fourth-order valence-electron chi connectivity index (χ4n) is 3.32. The van der Waals surface area contributed by atoms with Crippen LogP contribution in [0.3, 0.4) is 0 Å². The van der Waals surface area contributed by atoms with E-state index in [2.05, 4.69) is 28.3 Å². The zero-order valence-electron chi connectivity index (χ0n) is 15.5. The summed E-state index contributed by atoms with van der Waals surface area (Å²) in [5.41, 5.74) is 3.27. The number of likely N-dealkylation sites (tertiary alicyclic amines) is 1. The number of aromatic nitrogens is 4. The Morgan fingerprint density at radius 1 is 1.27 bits per heavy atom. The fourth-order valence-corrected chi connectivity index (χ4v) is 3.55. The molecular formula is C18H25N5O2S. The third kappa shape index (κ3) is 4.02. The molecule has 0 radical (unpaired) electrons. The second-order valence-corrected chi connectivity index (χ2v) is 7.11. The lowest BCUT2D eigenvalue weighted by atomic mass is 9.97. The number of carbonyl (C=O) groups is 1. The number of hydrogen-bond donors (Lipinski definition) is 0. The first kappa shape index (κ1) is 18.7. The van der Waals surface area contributed by atoms with E-state index in [1.54, 1.807) is 9.36 Å². The van der Waals surface area contributed by atoms with Crippen LogP contribution >= 0.6 is 12.2 Å². The van der Waals surface area contributed by atoms with E-state index >= 15 is 0 Å². The summed E-state index contributed by atoms with van der Waals surface area (Å²) in [4.78, 5) is 14.1. The monoisotopic (exact) mass is 375 g/mol. The van der Waals surface area contributed by atoms with Crippen molar-refractivity contribution < 1.29 is 9.53 Å². The van der Waals surface area contributed by atoms with Crippen LogP contribution in [0.5, 0.6) is 0 Å². The van der Waals surface area contributed by atoms with Gasteiger partial charge in [0.25, 0.3) is 0 Å². The zero-order chi connectivity index (χ0) is 18.7. The second-order valence-electron chi connectivity index (χ2n) is 6.75. The highest BCUT2D eigenvalue weighted by Crippen LogP contribution is 2.19. The van der Waals surface area contributed by atoms with Crippen molar-refractivity contribution in [3.8, 4) is 5.69 Å². The van der Waals surface area contributed by atoms with Gasteiger partial charge in [-0.15, -0.1) is 0 Å². The summed E-state index contributed by atoms with van der Waals surface area (Å²) in [6, 6.07) is 6.17. The molecule has 0 saturated carbocycles. The summed E-state index contributed by atoms with van der Waals surface area (Å²) in [5.74, 6) is -0.0744. The molecule has 2 heterocycles. The number of aryl methyl sites for hydroxylation is 2. The van der Waals surface area contributed by atoms with Gasteiger partial charge in [-0.25, -0.2) is 4.68 Å². The van der Waals surface area contributed by atoms with E-state index in [-0.39, 0.29) is 11.9 Å². The van der Waals surface area contributed by atoms with Crippen LogP contribution in [0.15, 0.2) is 18.2 Å². The summed E-state index contributed by atoms with van der Waals surface area (Å²) >= 11 is 5.57. The van der Waals surface area contributed by atoms with Gasteiger partial charge in [-0.3, -0.25) is 9.69 Å². The van der Waals surface area contributed by atoms with Crippen LogP contribution in [0.25, 0.3) is 5.69 Å². The van der Waals surface area contributed by atoms with Crippen LogP contribution < -0.4 is 0 Å². The molecule has 1 aromatic carbocycles. The molecule has 0 amide bonds. The lowest BCUT2D eigenvalue weighted by Crippen LogP contribution is -2.38. The molecule has 0 bridgehead atoms. The van der Waals surface area contributed by atoms with Gasteiger partial charge >= 0.3 is 5.97 Å². The van der Waals surface area contributed by atoms with Gasteiger partial charge in [-0.05, 0) is 67.9 Å². The minimum absolute atomic E-state index is 0.00469. The van der Waals surface area contributed by atoms with Crippen LogP contribution in [-0.4, -0.2) is 50.4 Å². The second kappa shape index (κ2) is 8.09. The van der Waals surface area contributed by atoms with Gasteiger partial charge in [0.1, 0.15) is 0 Å². The Bertz CT molecular complexity index is 836. The Morgan fingerprint density at radius 2 is 2.00 bits per heavy atom. The van der Waals surface area contributed by atoms with E-state index in [0.717, 1.165) is 37.2 Å². The first-order chi connectivity index (χ1) is 12.5. The molecule has 3 rings (SSSR count). The molecule has 2 aromatic rings. The Balaban J connectivity index is 1.66. The van der Waals surface area contributed by atoms with E-state index < -0.39 is 0 Å². The lowest BCUT2D eigenvalue weighted by Gasteiger charge is -2.30. The van der Waals surface area contributed by atoms with Crippen molar-refractivity contribution in [2.45, 2.75) is 40.3 Å². The molecule has 8 heteroatoms. The number of ether oxygens (including phenoxy) is 1. The molecule has 26 heavy (non-hydrogen) atoms. The standard InChI is InChI=1S/C18H25N5O2S/c1-4-25-17(24)15-7-9-21(10-8-15)12-22-18(26)23(20-19-22)16-6-5-13(2)11-14(16)3/h5-6,11,15H,4,7-10,12H2,1-3H3. The van der Waals surface area contributed by atoms with Crippen molar-refractivity contribution in [3.05, 3.63) is 34.1 Å². The molecule has 7 nitrogen and oxygen atoms in total. The molecule has 1 saturated heterocycles. The Morgan fingerprint density at radius 3 is 2.65 bits per heavy atom. The van der Waals surface area contributed by atoms with Gasteiger partial charge < -0.3 is 4.74 Å². The van der Waals surface area contributed by atoms with Gasteiger partial charge in [-0.1, -0.05) is 17.7 Å². The third-order valence-electron chi connectivity index (χ3n) is 4.76. The van der Waals surface area contributed by atoms with Crippen molar-refractivity contribution in [2.75, 3.05) is 19.7 Å². The van der Waals surface area contributed by atoms with E-state index in [4.69, 9.17) is 17.0 Å². The molecule has 1 aromatic heterocycles. The van der Waals surface area contributed by atoms with Gasteiger partial charge in [0.2, 0.25) is 4.77 Å². The van der Waals surface area contributed by atoms with Gasteiger partial charge in [0.05, 0.1) is 24.9 Å². The topological polar surface area (TPSA) is 65.2 Å². The summed E-state index contributed by atoms with van der Waals surface area (Å²) in [7, 11) is 0. The maximum Gasteiger partial charge on any atom is 0.309 e. The van der Waals surface area contributed by atoms with E-state index in [1.165, 1.54) is 5.56 Å². The van der Waals surface area contributed by atoms with Crippen LogP contribution in [-0.2, 0) is 16.2 Å². The smallest absolute Gasteiger partial charge is 0.309 e. The third-order valence-corrected chi connectivity index (χ3v) is 5.15. The van der Waals surface area contributed by atoms with E-state index in [9.17, 15) is 4.79 Å². The Hall–Kier alpha value is -2.06. The molecular weight excluding hydrogens is 350 g/mol. The molecule has 0 atom stereocenters. The quantitative estimate of drug-likeness (QED) is 0.591. The highest BCUT2D eigenvalue weighted by Gasteiger charge is 2.26. The lowest BCUT2D eigenvalue weighted by molar-refractivity contribution is -0.149. The summed E-state index contributed by atoms with van der Waals surface area (Å²) in [6.45, 7) is 8.61. The molecule has 140 valence electrons. The number of esters is 1.